The third-order valence-electron chi connectivity index (χ3n) is 5.77. The summed E-state index contributed by atoms with van der Waals surface area (Å²) in [7, 11) is 0. The fourth-order valence-corrected chi connectivity index (χ4v) is 3.72. The minimum Gasteiger partial charge on any atom is -0.475 e. The molecule has 0 radical (unpaired) electrons. The van der Waals surface area contributed by atoms with Gasteiger partial charge in [0.1, 0.15) is 19.0 Å². The number of alkyl halides is 3. The predicted octanol–water partition coefficient (Wildman–Crippen LogP) is 4.25. The second kappa shape index (κ2) is 10.4. The van der Waals surface area contributed by atoms with Crippen molar-refractivity contribution in [2.75, 3.05) is 38.4 Å². The van der Waals surface area contributed by atoms with Crippen molar-refractivity contribution >= 4 is 11.6 Å². The summed E-state index contributed by atoms with van der Waals surface area (Å²) in [5.41, 5.74) is 1.91. The van der Waals surface area contributed by atoms with Crippen LogP contribution in [0, 0.1) is 6.92 Å². The lowest BCUT2D eigenvalue weighted by atomic mass is 9.82. The fraction of sp³-hybridized carbons (Fsp3) is 0.320. The molecule has 184 valence electrons. The molecule has 10 heteroatoms. The number of rotatable bonds is 9. The number of carbonyl (C=O) groups excluding carboxylic acids is 1. The smallest absolute Gasteiger partial charge is 0.280 e. The first kappa shape index (κ1) is 24.6. The number of anilines is 1. The van der Waals surface area contributed by atoms with E-state index < -0.39 is 30.1 Å². The summed E-state index contributed by atoms with van der Waals surface area (Å²) in [5, 5.41) is 11.9. The molecule has 1 aromatic carbocycles. The summed E-state index contributed by atoms with van der Waals surface area (Å²) in [4.78, 5) is 20.7. The number of amides is 1. The van der Waals surface area contributed by atoms with Gasteiger partial charge in [0, 0.05) is 23.5 Å². The summed E-state index contributed by atoms with van der Waals surface area (Å²) in [6.07, 6.45) is -1.63. The van der Waals surface area contributed by atoms with Gasteiger partial charge in [-0.1, -0.05) is 6.07 Å². The largest absolute Gasteiger partial charge is 0.475 e. The van der Waals surface area contributed by atoms with Crippen molar-refractivity contribution < 1.29 is 32.5 Å². The number of aromatic nitrogens is 2. The van der Waals surface area contributed by atoms with Crippen LogP contribution in [0.25, 0.3) is 11.1 Å². The molecule has 0 unspecified atom stereocenters. The number of hydrogen-bond acceptors (Lipinski definition) is 6. The van der Waals surface area contributed by atoms with E-state index in [1.165, 1.54) is 6.07 Å². The van der Waals surface area contributed by atoms with Crippen molar-refractivity contribution in [2.24, 2.45) is 0 Å². The molecule has 1 fully saturated rings. The molecule has 0 atom stereocenters. The van der Waals surface area contributed by atoms with E-state index in [-0.39, 0.29) is 37.9 Å². The van der Waals surface area contributed by atoms with Crippen molar-refractivity contribution in [1.82, 2.24) is 9.97 Å². The van der Waals surface area contributed by atoms with Crippen LogP contribution in [-0.2, 0) is 10.2 Å². The Kier molecular flexibility index (Phi) is 7.32. The van der Waals surface area contributed by atoms with Gasteiger partial charge in [-0.25, -0.2) is 18.2 Å². The van der Waals surface area contributed by atoms with E-state index in [0.717, 1.165) is 23.4 Å². The molecule has 0 aliphatic carbocycles. The van der Waals surface area contributed by atoms with E-state index in [2.05, 4.69) is 15.3 Å². The van der Waals surface area contributed by atoms with Gasteiger partial charge in [-0.05, 0) is 53.9 Å². The number of aliphatic hydroxyl groups is 1. The number of pyridine rings is 2. The Bertz CT molecular complexity index is 1210. The summed E-state index contributed by atoms with van der Waals surface area (Å²) >= 11 is 0. The highest BCUT2D eigenvalue weighted by atomic mass is 19.3. The quantitative estimate of drug-likeness (QED) is 0.469. The molecule has 2 N–H and O–H groups in total. The Morgan fingerprint density at radius 1 is 1.23 bits per heavy atom. The fourth-order valence-electron chi connectivity index (χ4n) is 3.72. The van der Waals surface area contributed by atoms with Crippen molar-refractivity contribution in [1.29, 1.82) is 0 Å². The highest BCUT2D eigenvalue weighted by Crippen LogP contribution is 2.37. The van der Waals surface area contributed by atoms with Crippen LogP contribution in [0.2, 0.25) is 0 Å². The van der Waals surface area contributed by atoms with Crippen LogP contribution in [0.1, 0.15) is 33.7 Å². The first-order valence-electron chi connectivity index (χ1n) is 10.9. The number of hydrogen-bond donors (Lipinski definition) is 2. The maximum atomic E-state index is 13.9. The van der Waals surface area contributed by atoms with E-state index in [1.54, 1.807) is 30.3 Å². The van der Waals surface area contributed by atoms with Crippen LogP contribution < -0.4 is 10.1 Å². The molecule has 3 heterocycles. The maximum Gasteiger partial charge on any atom is 0.280 e. The van der Waals surface area contributed by atoms with Crippen molar-refractivity contribution in [3.8, 4) is 17.0 Å². The van der Waals surface area contributed by atoms with Gasteiger partial charge < -0.3 is 19.9 Å². The number of halogens is 3. The lowest BCUT2D eigenvalue weighted by Gasteiger charge is -2.38. The van der Waals surface area contributed by atoms with Crippen LogP contribution in [0.3, 0.4) is 0 Å². The zero-order valence-electron chi connectivity index (χ0n) is 18.9. The van der Waals surface area contributed by atoms with Gasteiger partial charge in [0.05, 0.1) is 30.9 Å². The highest BCUT2D eigenvalue weighted by molar-refractivity contribution is 6.04. The number of benzene rings is 1. The Labute approximate surface area is 199 Å². The SMILES string of the molecule is Cc1ccc(NC(=O)c2ccnc(C(F)F)c2)cc1-c1cc(OCCO)nc(C2(CF)COC2)c1. The van der Waals surface area contributed by atoms with E-state index in [9.17, 15) is 18.0 Å². The van der Waals surface area contributed by atoms with Gasteiger partial charge in [-0.2, -0.15) is 0 Å². The molecule has 7 nitrogen and oxygen atoms in total. The van der Waals surface area contributed by atoms with Gasteiger partial charge in [-0.15, -0.1) is 0 Å². The molecular formula is C25H24F3N3O4. The Balaban J connectivity index is 1.67. The summed E-state index contributed by atoms with van der Waals surface area (Å²) in [6.45, 7) is 1.44. The molecule has 0 bridgehead atoms. The maximum absolute atomic E-state index is 13.9. The summed E-state index contributed by atoms with van der Waals surface area (Å²) in [6, 6.07) is 11.1. The molecule has 1 saturated heterocycles. The van der Waals surface area contributed by atoms with Gasteiger partial charge in [0.15, 0.2) is 0 Å². The third kappa shape index (κ3) is 5.28. The molecule has 0 saturated carbocycles. The molecular weight excluding hydrogens is 463 g/mol. The lowest BCUT2D eigenvalue weighted by Crippen LogP contribution is -2.49. The third-order valence-corrected chi connectivity index (χ3v) is 5.77. The number of ether oxygens (including phenoxy) is 2. The van der Waals surface area contributed by atoms with Gasteiger partial charge in [0.25, 0.3) is 12.3 Å². The summed E-state index contributed by atoms with van der Waals surface area (Å²) < 4.78 is 50.6. The lowest BCUT2D eigenvalue weighted by molar-refractivity contribution is -0.0728. The first-order chi connectivity index (χ1) is 16.8. The number of aryl methyl sites for hydroxylation is 1. The molecule has 3 aromatic rings. The topological polar surface area (TPSA) is 93.6 Å². The average Bonchev–Trinajstić information content (AvgIpc) is 2.83. The molecule has 0 spiro atoms. The van der Waals surface area contributed by atoms with E-state index in [1.807, 2.05) is 6.92 Å². The minimum atomic E-state index is -2.79. The number of nitrogens with zero attached hydrogens (tertiary/aromatic N) is 2. The van der Waals surface area contributed by atoms with E-state index in [4.69, 9.17) is 14.6 Å². The van der Waals surface area contributed by atoms with Crippen LogP contribution in [-0.4, -0.2) is 54.1 Å². The predicted molar refractivity (Wildman–Crippen MR) is 123 cm³/mol. The molecule has 35 heavy (non-hydrogen) atoms. The van der Waals surface area contributed by atoms with Crippen LogP contribution >= 0.6 is 0 Å². The van der Waals surface area contributed by atoms with Gasteiger partial charge >= 0.3 is 0 Å². The van der Waals surface area contributed by atoms with E-state index in [0.29, 0.717) is 16.9 Å². The standard InChI is InChI=1S/C25H24F3N3O4/c1-15-2-3-18(30-24(33)16-4-5-29-20(8-16)23(27)28)11-19(15)17-9-21(25(12-26)13-34-14-25)31-22(10-17)35-7-6-32/h2-5,8-11,23,32H,6-7,12-14H2,1H3,(H,30,33). The number of nitrogens with one attached hydrogen (secondary N) is 1. The monoisotopic (exact) mass is 487 g/mol. The van der Waals surface area contributed by atoms with E-state index >= 15 is 0 Å². The number of aliphatic hydroxyl groups excluding tert-OH is 1. The average molecular weight is 487 g/mol. The zero-order valence-corrected chi connectivity index (χ0v) is 18.9. The Hall–Kier alpha value is -3.50. The first-order valence-corrected chi connectivity index (χ1v) is 10.9. The second-order valence-corrected chi connectivity index (χ2v) is 8.31. The zero-order chi connectivity index (χ0) is 25.0. The molecule has 1 aliphatic rings. The Morgan fingerprint density at radius 3 is 2.69 bits per heavy atom. The van der Waals surface area contributed by atoms with Crippen molar-refractivity contribution in [2.45, 2.75) is 18.8 Å². The minimum absolute atomic E-state index is 0.0244. The number of carbonyl (C=O) groups is 1. The van der Waals surface area contributed by atoms with Crippen LogP contribution in [0.15, 0.2) is 48.7 Å². The van der Waals surface area contributed by atoms with Crippen LogP contribution in [0.5, 0.6) is 5.88 Å². The highest BCUT2D eigenvalue weighted by Gasteiger charge is 2.42. The van der Waals surface area contributed by atoms with Crippen molar-refractivity contribution in [3.63, 3.8) is 0 Å². The second-order valence-electron chi connectivity index (χ2n) is 8.31. The Morgan fingerprint density at radius 2 is 2.03 bits per heavy atom. The van der Waals surface area contributed by atoms with Crippen LogP contribution in [0.4, 0.5) is 18.9 Å². The van der Waals surface area contributed by atoms with Crippen molar-refractivity contribution in [3.05, 3.63) is 71.2 Å². The molecule has 4 rings (SSSR count). The molecule has 2 aromatic heterocycles. The van der Waals surface area contributed by atoms with Gasteiger partial charge in [0.2, 0.25) is 5.88 Å². The normalized spacial score (nSPS) is 14.5. The summed E-state index contributed by atoms with van der Waals surface area (Å²) in [5.74, 6) is -0.328. The molecule has 1 aliphatic heterocycles. The van der Waals surface area contributed by atoms with Gasteiger partial charge in [-0.3, -0.25) is 9.78 Å². The molecule has 1 amide bonds.